The average Bonchev–Trinajstić information content (AvgIpc) is 2.67. The summed E-state index contributed by atoms with van der Waals surface area (Å²) in [5.41, 5.74) is 0. The van der Waals surface area contributed by atoms with Gasteiger partial charge in [0.15, 0.2) is 0 Å². The van der Waals surface area contributed by atoms with Crippen molar-refractivity contribution in [2.45, 2.75) is 46.1 Å². The van der Waals surface area contributed by atoms with Gasteiger partial charge in [0.1, 0.15) is 5.82 Å². The van der Waals surface area contributed by atoms with Crippen molar-refractivity contribution < 1.29 is 0 Å². The van der Waals surface area contributed by atoms with Gasteiger partial charge in [0.25, 0.3) is 0 Å². The van der Waals surface area contributed by atoms with E-state index in [1.165, 1.54) is 11.5 Å². The first-order valence-electron chi connectivity index (χ1n) is 5.72. The van der Waals surface area contributed by atoms with Crippen LogP contribution in [0.1, 0.15) is 45.9 Å². The van der Waals surface area contributed by atoms with E-state index in [-0.39, 0.29) is 0 Å². The molecule has 0 saturated carbocycles. The van der Waals surface area contributed by atoms with Crippen LogP contribution in [0.3, 0.4) is 0 Å². The fraction of sp³-hybridized carbons (Fsp3) is 0.818. The highest BCUT2D eigenvalue weighted by Gasteiger charge is 2.16. The number of anilines is 1. The zero-order chi connectivity index (χ0) is 12.1. The van der Waals surface area contributed by atoms with Crippen LogP contribution in [-0.4, -0.2) is 27.8 Å². The summed E-state index contributed by atoms with van der Waals surface area (Å²) < 4.78 is 4.38. The van der Waals surface area contributed by atoms with Crippen LogP contribution in [0.4, 0.5) is 5.13 Å². The Morgan fingerprint density at radius 2 is 2.00 bits per heavy atom. The SMILES string of the molecule is CC(C)c1nsc(N(CCCCl)C(C)C)n1. The number of hydrogen-bond acceptors (Lipinski definition) is 4. The van der Waals surface area contributed by atoms with Crippen LogP contribution in [0.25, 0.3) is 0 Å². The molecule has 0 aliphatic carbocycles. The standard InChI is InChI=1S/C11H20ClN3S/c1-8(2)10-13-11(16-14-10)15(9(3)4)7-5-6-12/h8-9H,5-7H2,1-4H3. The van der Waals surface area contributed by atoms with E-state index in [2.05, 4.69) is 42.0 Å². The molecule has 1 aromatic rings. The minimum absolute atomic E-state index is 0.395. The summed E-state index contributed by atoms with van der Waals surface area (Å²) in [6.07, 6.45) is 0.982. The van der Waals surface area contributed by atoms with Crippen LogP contribution in [0, 0.1) is 0 Å². The normalized spacial score (nSPS) is 11.4. The summed E-state index contributed by atoms with van der Waals surface area (Å²) >= 11 is 7.22. The third-order valence-corrected chi connectivity index (χ3v) is 3.38. The van der Waals surface area contributed by atoms with Crippen LogP contribution in [0.5, 0.6) is 0 Å². The summed E-state index contributed by atoms with van der Waals surface area (Å²) in [4.78, 5) is 6.84. The predicted octanol–water partition coefficient (Wildman–Crippen LogP) is 3.51. The van der Waals surface area contributed by atoms with E-state index in [9.17, 15) is 0 Å². The van der Waals surface area contributed by atoms with Gasteiger partial charge in [-0.1, -0.05) is 13.8 Å². The van der Waals surface area contributed by atoms with Gasteiger partial charge in [-0.25, -0.2) is 4.98 Å². The smallest absolute Gasteiger partial charge is 0.205 e. The molecule has 1 aromatic heterocycles. The highest BCUT2D eigenvalue weighted by atomic mass is 35.5. The van der Waals surface area contributed by atoms with Gasteiger partial charge < -0.3 is 4.90 Å². The molecule has 0 spiro atoms. The van der Waals surface area contributed by atoms with Crippen LogP contribution >= 0.6 is 23.1 Å². The molecule has 1 rings (SSSR count). The number of alkyl halides is 1. The lowest BCUT2D eigenvalue weighted by Gasteiger charge is -2.25. The molecule has 92 valence electrons. The topological polar surface area (TPSA) is 29.0 Å². The van der Waals surface area contributed by atoms with Gasteiger partial charge in [0.05, 0.1) is 0 Å². The van der Waals surface area contributed by atoms with Crippen molar-refractivity contribution >= 4 is 28.3 Å². The number of aromatic nitrogens is 2. The van der Waals surface area contributed by atoms with Crippen molar-refractivity contribution in [2.24, 2.45) is 0 Å². The predicted molar refractivity (Wildman–Crippen MR) is 71.8 cm³/mol. The highest BCUT2D eigenvalue weighted by Crippen LogP contribution is 2.23. The van der Waals surface area contributed by atoms with Crippen molar-refractivity contribution in [1.29, 1.82) is 0 Å². The Hall–Kier alpha value is -0.350. The quantitative estimate of drug-likeness (QED) is 0.734. The van der Waals surface area contributed by atoms with Crippen molar-refractivity contribution in [2.75, 3.05) is 17.3 Å². The molecule has 5 heteroatoms. The second-order valence-corrected chi connectivity index (χ2v) is 5.53. The van der Waals surface area contributed by atoms with Crippen LogP contribution < -0.4 is 4.90 Å². The monoisotopic (exact) mass is 261 g/mol. The maximum Gasteiger partial charge on any atom is 0.205 e. The molecule has 0 radical (unpaired) electrons. The maximum absolute atomic E-state index is 5.73. The summed E-state index contributed by atoms with van der Waals surface area (Å²) in [6.45, 7) is 9.53. The van der Waals surface area contributed by atoms with Crippen LogP contribution in [0.15, 0.2) is 0 Å². The van der Waals surface area contributed by atoms with E-state index < -0.39 is 0 Å². The van der Waals surface area contributed by atoms with Gasteiger partial charge >= 0.3 is 0 Å². The lowest BCUT2D eigenvalue weighted by Crippen LogP contribution is -2.31. The third-order valence-electron chi connectivity index (χ3n) is 2.35. The molecule has 0 N–H and O–H groups in total. The molecule has 1 heterocycles. The van der Waals surface area contributed by atoms with Crippen molar-refractivity contribution in [3.63, 3.8) is 0 Å². The molecule has 0 unspecified atom stereocenters. The fourth-order valence-corrected chi connectivity index (χ4v) is 2.47. The van der Waals surface area contributed by atoms with E-state index in [1.807, 2.05) is 0 Å². The van der Waals surface area contributed by atoms with Crippen LogP contribution in [-0.2, 0) is 0 Å². The Morgan fingerprint density at radius 1 is 1.31 bits per heavy atom. The summed E-state index contributed by atoms with van der Waals surface area (Å²) in [7, 11) is 0. The molecular weight excluding hydrogens is 242 g/mol. The van der Waals surface area contributed by atoms with E-state index in [4.69, 9.17) is 11.6 Å². The molecule has 0 aliphatic rings. The van der Waals surface area contributed by atoms with Gasteiger partial charge in [-0.15, -0.1) is 11.6 Å². The van der Waals surface area contributed by atoms with Crippen molar-refractivity contribution in [3.8, 4) is 0 Å². The lowest BCUT2D eigenvalue weighted by atomic mass is 10.2. The summed E-state index contributed by atoms with van der Waals surface area (Å²) in [6, 6.07) is 0.441. The Kier molecular flexibility index (Phi) is 5.49. The molecule has 0 aliphatic heterocycles. The molecular formula is C11H20ClN3S. The minimum atomic E-state index is 0.395. The Balaban J connectivity index is 2.76. The first-order valence-corrected chi connectivity index (χ1v) is 7.03. The Morgan fingerprint density at radius 3 is 2.44 bits per heavy atom. The van der Waals surface area contributed by atoms with Gasteiger partial charge in [-0.05, 0) is 20.3 Å². The number of hydrogen-bond donors (Lipinski definition) is 0. The molecule has 16 heavy (non-hydrogen) atoms. The van der Waals surface area contributed by atoms with E-state index in [0.29, 0.717) is 17.8 Å². The molecule has 0 aromatic carbocycles. The Labute approximate surface area is 107 Å². The molecule has 0 fully saturated rings. The average molecular weight is 262 g/mol. The fourth-order valence-electron chi connectivity index (χ4n) is 1.38. The molecule has 0 atom stereocenters. The van der Waals surface area contributed by atoms with E-state index >= 15 is 0 Å². The first kappa shape index (κ1) is 13.7. The van der Waals surface area contributed by atoms with Gasteiger partial charge in [0, 0.05) is 35.9 Å². The zero-order valence-corrected chi connectivity index (χ0v) is 12.0. The van der Waals surface area contributed by atoms with E-state index in [0.717, 1.165) is 23.9 Å². The minimum Gasteiger partial charge on any atom is -0.344 e. The third kappa shape index (κ3) is 3.59. The zero-order valence-electron chi connectivity index (χ0n) is 10.4. The van der Waals surface area contributed by atoms with Gasteiger partial charge in [-0.2, -0.15) is 4.37 Å². The second-order valence-electron chi connectivity index (χ2n) is 4.42. The number of halogens is 1. The van der Waals surface area contributed by atoms with Gasteiger partial charge in [0.2, 0.25) is 5.13 Å². The largest absolute Gasteiger partial charge is 0.344 e. The van der Waals surface area contributed by atoms with Crippen LogP contribution in [0.2, 0.25) is 0 Å². The lowest BCUT2D eigenvalue weighted by molar-refractivity contribution is 0.666. The highest BCUT2D eigenvalue weighted by molar-refractivity contribution is 7.09. The molecule has 0 amide bonds. The Bertz CT molecular complexity index is 312. The molecule has 3 nitrogen and oxygen atoms in total. The van der Waals surface area contributed by atoms with Gasteiger partial charge in [-0.3, -0.25) is 0 Å². The maximum atomic E-state index is 5.73. The number of rotatable bonds is 6. The first-order chi connectivity index (χ1) is 7.56. The van der Waals surface area contributed by atoms with Crippen molar-refractivity contribution in [3.05, 3.63) is 5.82 Å². The summed E-state index contributed by atoms with van der Waals surface area (Å²) in [5.74, 6) is 2.03. The molecule has 0 saturated heterocycles. The number of nitrogens with zero attached hydrogens (tertiary/aromatic N) is 3. The second kappa shape index (κ2) is 6.40. The van der Waals surface area contributed by atoms with Crippen molar-refractivity contribution in [1.82, 2.24) is 9.36 Å². The molecule has 0 bridgehead atoms. The van der Waals surface area contributed by atoms with E-state index in [1.54, 1.807) is 0 Å². The summed E-state index contributed by atoms with van der Waals surface area (Å²) in [5, 5.41) is 1.02.